The molecule has 3 rings (SSSR count). The van der Waals surface area contributed by atoms with E-state index < -0.39 is 0 Å². The molecule has 1 N–H and O–H groups in total. The first-order chi connectivity index (χ1) is 9.20. The highest BCUT2D eigenvalue weighted by molar-refractivity contribution is 5.76. The summed E-state index contributed by atoms with van der Waals surface area (Å²) in [5.74, 6) is 0.292. The first-order valence-corrected chi connectivity index (χ1v) is 6.35. The van der Waals surface area contributed by atoms with E-state index in [9.17, 15) is 9.50 Å². The third kappa shape index (κ3) is 2.00. The molecule has 1 atom stereocenters. The Morgan fingerprint density at radius 3 is 2.79 bits per heavy atom. The van der Waals surface area contributed by atoms with Gasteiger partial charge in [-0.05, 0) is 29.7 Å². The van der Waals surface area contributed by atoms with Gasteiger partial charge in [0.25, 0.3) is 0 Å². The minimum Gasteiger partial charge on any atom is -0.487 e. The van der Waals surface area contributed by atoms with Gasteiger partial charge in [0, 0.05) is 6.42 Å². The third-order valence-electron chi connectivity index (χ3n) is 3.54. The van der Waals surface area contributed by atoms with Crippen molar-refractivity contribution in [1.82, 2.24) is 0 Å². The molecule has 1 unspecified atom stereocenters. The van der Waals surface area contributed by atoms with Crippen molar-refractivity contribution in [2.75, 3.05) is 6.61 Å². The van der Waals surface area contributed by atoms with E-state index in [2.05, 4.69) is 0 Å². The number of benzene rings is 2. The van der Waals surface area contributed by atoms with Gasteiger partial charge in [-0.3, -0.25) is 0 Å². The van der Waals surface area contributed by atoms with Gasteiger partial charge >= 0.3 is 0 Å². The smallest absolute Gasteiger partial charge is 0.134 e. The van der Waals surface area contributed by atoms with Crippen molar-refractivity contribution < 1.29 is 14.2 Å². The summed E-state index contributed by atoms with van der Waals surface area (Å²) >= 11 is 0. The third-order valence-corrected chi connectivity index (χ3v) is 3.54. The number of hydrogen-bond donors (Lipinski definition) is 1. The first kappa shape index (κ1) is 12.2. The Hall–Kier alpha value is -1.87. The van der Waals surface area contributed by atoms with Crippen LogP contribution in [0.4, 0.5) is 4.39 Å². The molecule has 1 aliphatic rings. The molecule has 1 heterocycles. The van der Waals surface area contributed by atoms with Crippen molar-refractivity contribution in [2.24, 2.45) is 0 Å². The fourth-order valence-electron chi connectivity index (χ4n) is 2.56. The monoisotopic (exact) mass is 258 g/mol. The first-order valence-electron chi connectivity index (χ1n) is 6.35. The van der Waals surface area contributed by atoms with Crippen LogP contribution >= 0.6 is 0 Å². The maximum absolute atomic E-state index is 14.2. The zero-order valence-corrected chi connectivity index (χ0v) is 10.7. The van der Waals surface area contributed by atoms with E-state index in [1.807, 2.05) is 31.2 Å². The summed E-state index contributed by atoms with van der Waals surface area (Å²) in [6.45, 7) is 1.90. The molecule has 0 aromatic heterocycles. The van der Waals surface area contributed by atoms with Crippen molar-refractivity contribution >= 4 is 0 Å². The summed E-state index contributed by atoms with van der Waals surface area (Å²) in [5.41, 5.74) is 3.31. The molecule has 0 bridgehead atoms. The number of rotatable bonds is 2. The fraction of sp³-hybridized carbons (Fsp3) is 0.250. The van der Waals surface area contributed by atoms with Crippen LogP contribution in [0.25, 0.3) is 11.1 Å². The SMILES string of the molecule is Cc1ccccc1-c1c(F)ccc2c1OC(CO)C2. The fourth-order valence-corrected chi connectivity index (χ4v) is 2.56. The molecule has 1 aliphatic heterocycles. The second-order valence-electron chi connectivity index (χ2n) is 4.85. The number of halogens is 1. The highest BCUT2D eigenvalue weighted by Gasteiger charge is 2.27. The molecule has 0 aliphatic carbocycles. The van der Waals surface area contributed by atoms with E-state index >= 15 is 0 Å². The normalized spacial score (nSPS) is 17.1. The zero-order valence-electron chi connectivity index (χ0n) is 10.7. The van der Waals surface area contributed by atoms with E-state index in [-0.39, 0.29) is 18.5 Å². The number of fused-ring (bicyclic) bond motifs is 1. The van der Waals surface area contributed by atoms with E-state index in [4.69, 9.17) is 4.74 Å². The second-order valence-corrected chi connectivity index (χ2v) is 4.85. The lowest BCUT2D eigenvalue weighted by molar-refractivity contribution is 0.135. The minimum absolute atomic E-state index is 0.0521. The number of ether oxygens (including phenoxy) is 1. The molecule has 19 heavy (non-hydrogen) atoms. The van der Waals surface area contributed by atoms with Crippen LogP contribution in [0.2, 0.25) is 0 Å². The van der Waals surface area contributed by atoms with E-state index in [1.165, 1.54) is 6.07 Å². The second kappa shape index (κ2) is 4.67. The predicted octanol–water partition coefficient (Wildman–Crippen LogP) is 3.10. The Kier molecular flexibility index (Phi) is 2.99. The van der Waals surface area contributed by atoms with Gasteiger partial charge < -0.3 is 9.84 Å². The molecule has 98 valence electrons. The molecule has 0 spiro atoms. The van der Waals surface area contributed by atoms with Crippen molar-refractivity contribution in [3.05, 3.63) is 53.3 Å². The van der Waals surface area contributed by atoms with Crippen LogP contribution in [-0.2, 0) is 6.42 Å². The number of hydrogen-bond acceptors (Lipinski definition) is 2. The van der Waals surface area contributed by atoms with Crippen LogP contribution in [0.5, 0.6) is 5.75 Å². The number of aliphatic hydroxyl groups excluding tert-OH is 1. The Morgan fingerprint density at radius 1 is 1.26 bits per heavy atom. The molecule has 0 saturated heterocycles. The minimum atomic E-state index is -0.286. The van der Waals surface area contributed by atoms with Gasteiger partial charge in [0.15, 0.2) is 0 Å². The number of aryl methyl sites for hydroxylation is 1. The van der Waals surface area contributed by atoms with Crippen molar-refractivity contribution in [3.63, 3.8) is 0 Å². The molecule has 0 saturated carbocycles. The summed E-state index contributed by atoms with van der Waals surface area (Å²) in [5, 5.41) is 9.20. The summed E-state index contributed by atoms with van der Waals surface area (Å²) in [7, 11) is 0. The van der Waals surface area contributed by atoms with Crippen molar-refractivity contribution in [1.29, 1.82) is 0 Å². The van der Waals surface area contributed by atoms with Gasteiger partial charge in [0.2, 0.25) is 0 Å². The standard InChI is InChI=1S/C16H15FO2/c1-10-4-2-3-5-13(10)15-14(17)7-6-11-8-12(9-18)19-16(11)15/h2-7,12,18H,8-9H2,1H3. The molecule has 2 aromatic carbocycles. The molecule has 2 aromatic rings. The van der Waals surface area contributed by atoms with Gasteiger partial charge in [-0.15, -0.1) is 0 Å². The summed E-state index contributed by atoms with van der Waals surface area (Å²) in [6.07, 6.45) is 0.366. The number of aliphatic hydroxyl groups is 1. The predicted molar refractivity (Wildman–Crippen MR) is 71.8 cm³/mol. The molecule has 0 amide bonds. The molecule has 0 radical (unpaired) electrons. The topological polar surface area (TPSA) is 29.5 Å². The van der Waals surface area contributed by atoms with E-state index in [1.54, 1.807) is 6.07 Å². The van der Waals surface area contributed by atoms with Gasteiger partial charge in [-0.2, -0.15) is 0 Å². The van der Waals surface area contributed by atoms with Crippen LogP contribution in [-0.4, -0.2) is 17.8 Å². The van der Waals surface area contributed by atoms with Crippen LogP contribution in [0.3, 0.4) is 0 Å². The summed E-state index contributed by atoms with van der Waals surface area (Å²) in [6, 6.07) is 10.9. The highest BCUT2D eigenvalue weighted by Crippen LogP contribution is 2.41. The van der Waals surface area contributed by atoms with Gasteiger partial charge in [0.1, 0.15) is 17.7 Å². The average Bonchev–Trinajstić information content (AvgIpc) is 2.83. The van der Waals surface area contributed by atoms with Crippen LogP contribution in [0, 0.1) is 12.7 Å². The molecular weight excluding hydrogens is 243 g/mol. The largest absolute Gasteiger partial charge is 0.487 e. The maximum atomic E-state index is 14.2. The average molecular weight is 258 g/mol. The maximum Gasteiger partial charge on any atom is 0.134 e. The Balaban J connectivity index is 2.18. The van der Waals surface area contributed by atoms with Crippen LogP contribution in [0.15, 0.2) is 36.4 Å². The van der Waals surface area contributed by atoms with E-state index in [0.29, 0.717) is 17.7 Å². The molecule has 2 nitrogen and oxygen atoms in total. The van der Waals surface area contributed by atoms with Gasteiger partial charge in [-0.25, -0.2) is 4.39 Å². The Bertz CT molecular complexity index is 622. The van der Waals surface area contributed by atoms with Crippen molar-refractivity contribution in [3.8, 4) is 16.9 Å². The Morgan fingerprint density at radius 2 is 2.05 bits per heavy atom. The lowest BCUT2D eigenvalue weighted by Gasteiger charge is -2.13. The zero-order chi connectivity index (χ0) is 13.4. The lowest BCUT2D eigenvalue weighted by Crippen LogP contribution is -2.17. The van der Waals surface area contributed by atoms with Gasteiger partial charge in [0.05, 0.1) is 12.2 Å². The molecular formula is C16H15FO2. The lowest BCUT2D eigenvalue weighted by atomic mass is 9.96. The van der Waals surface area contributed by atoms with E-state index in [0.717, 1.165) is 16.7 Å². The van der Waals surface area contributed by atoms with Gasteiger partial charge in [-0.1, -0.05) is 30.3 Å². The highest BCUT2D eigenvalue weighted by atomic mass is 19.1. The molecule has 0 fully saturated rings. The summed E-state index contributed by atoms with van der Waals surface area (Å²) in [4.78, 5) is 0. The van der Waals surface area contributed by atoms with Crippen LogP contribution < -0.4 is 4.74 Å². The quantitative estimate of drug-likeness (QED) is 0.897. The molecule has 3 heteroatoms. The van der Waals surface area contributed by atoms with Crippen molar-refractivity contribution in [2.45, 2.75) is 19.4 Å². The Labute approximate surface area is 111 Å². The summed E-state index contributed by atoms with van der Waals surface area (Å²) < 4.78 is 19.9. The van der Waals surface area contributed by atoms with Crippen LogP contribution in [0.1, 0.15) is 11.1 Å².